The van der Waals surface area contributed by atoms with Gasteiger partial charge < -0.3 is 4.74 Å². The van der Waals surface area contributed by atoms with Gasteiger partial charge in [-0.2, -0.15) is 0 Å². The molecule has 31 heavy (non-hydrogen) atoms. The molecule has 0 amide bonds. The first-order chi connectivity index (χ1) is 15.2. The van der Waals surface area contributed by atoms with E-state index < -0.39 is 7.92 Å². The molecule has 0 saturated carbocycles. The van der Waals surface area contributed by atoms with E-state index in [9.17, 15) is 0 Å². The van der Waals surface area contributed by atoms with Crippen LogP contribution in [0.5, 0.6) is 0 Å². The lowest BCUT2D eigenvalue weighted by atomic mass is 10.0. The van der Waals surface area contributed by atoms with Gasteiger partial charge in [0, 0.05) is 22.1 Å². The first-order valence-electron chi connectivity index (χ1n) is 10.5. The molecule has 1 aliphatic heterocycles. The number of aliphatic imine (C=N–C) groups is 1. The Balaban J connectivity index is 1.48. The lowest BCUT2D eigenvalue weighted by Crippen LogP contribution is -2.21. The highest BCUT2D eigenvalue weighted by atomic mass is 35.5. The van der Waals surface area contributed by atoms with Gasteiger partial charge in [0.2, 0.25) is 5.90 Å². The van der Waals surface area contributed by atoms with Crippen molar-refractivity contribution in [1.82, 2.24) is 0 Å². The molecule has 3 aromatic rings. The summed E-state index contributed by atoms with van der Waals surface area (Å²) in [6, 6.07) is 27.6. The van der Waals surface area contributed by atoms with Gasteiger partial charge in [0.05, 0.1) is 6.04 Å². The fourth-order valence-corrected chi connectivity index (χ4v) is 7.07. The molecule has 0 radical (unpaired) electrons. The molecule has 0 bridgehead atoms. The molecular weight excluding hydrogens is 421 g/mol. The average molecular weight is 444 g/mol. The van der Waals surface area contributed by atoms with E-state index in [1.807, 2.05) is 18.2 Å². The summed E-state index contributed by atoms with van der Waals surface area (Å²) in [5.41, 5.74) is 2.16. The van der Waals surface area contributed by atoms with Crippen LogP contribution in [0.1, 0.15) is 18.1 Å². The van der Waals surface area contributed by atoms with Crippen molar-refractivity contribution >= 4 is 36.0 Å². The second-order valence-electron chi connectivity index (χ2n) is 7.77. The Hall–Kier alpha value is -2.67. The smallest absolute Gasteiger partial charge is 0.217 e. The Morgan fingerprint density at radius 1 is 0.968 bits per heavy atom. The average Bonchev–Trinajstić information content (AvgIpc) is 3.43. The third-order valence-electron chi connectivity index (χ3n) is 5.72. The third-order valence-corrected chi connectivity index (χ3v) is 8.54. The Labute approximate surface area is 189 Å². The number of rotatable bonds is 5. The monoisotopic (exact) mass is 443 g/mol. The Morgan fingerprint density at radius 2 is 1.65 bits per heavy atom. The van der Waals surface area contributed by atoms with Crippen molar-refractivity contribution in [2.75, 3.05) is 0 Å². The highest BCUT2D eigenvalue weighted by Gasteiger charge is 2.30. The van der Waals surface area contributed by atoms with Gasteiger partial charge in [0.15, 0.2) is 0 Å². The SMILES string of the molecule is C[C@@H](N=C1OCc2cc(Cl)ccc21)C1C=CC=C1P(c1ccccc1)c1ccccc1. The summed E-state index contributed by atoms with van der Waals surface area (Å²) in [4.78, 5) is 5.02. The van der Waals surface area contributed by atoms with Gasteiger partial charge in [0.25, 0.3) is 0 Å². The Morgan fingerprint density at radius 3 is 2.32 bits per heavy atom. The first-order valence-corrected chi connectivity index (χ1v) is 12.2. The molecule has 0 aromatic heterocycles. The molecule has 1 unspecified atom stereocenters. The Kier molecular flexibility index (Phi) is 5.76. The van der Waals surface area contributed by atoms with E-state index in [0.717, 1.165) is 22.0 Å². The molecular formula is C27H23ClNOP. The second kappa shape index (κ2) is 8.83. The van der Waals surface area contributed by atoms with E-state index in [4.69, 9.17) is 21.3 Å². The zero-order chi connectivity index (χ0) is 21.2. The number of benzene rings is 3. The molecule has 154 valence electrons. The maximum absolute atomic E-state index is 6.14. The second-order valence-corrected chi connectivity index (χ2v) is 10.4. The normalized spacial score (nSPS) is 19.4. The van der Waals surface area contributed by atoms with Crippen LogP contribution < -0.4 is 10.6 Å². The summed E-state index contributed by atoms with van der Waals surface area (Å²) >= 11 is 6.14. The number of hydrogen-bond acceptors (Lipinski definition) is 2. The van der Waals surface area contributed by atoms with E-state index in [2.05, 4.69) is 85.8 Å². The standard InChI is InChI=1S/C27H23ClNOP/c1-19(29-27-25-16-15-21(28)17-20(25)18-30-27)24-13-8-14-26(24)31(22-9-4-2-5-10-22)23-11-6-3-7-12-23/h2-17,19,24H,18H2,1H3/t19-,24?/m1/s1. The number of hydrogen-bond donors (Lipinski definition) is 0. The van der Waals surface area contributed by atoms with Crippen LogP contribution in [0.3, 0.4) is 0 Å². The number of nitrogens with zero attached hydrogens (tertiary/aromatic N) is 1. The molecule has 4 heteroatoms. The number of allylic oxidation sites excluding steroid dienone is 2. The van der Waals surface area contributed by atoms with Crippen molar-refractivity contribution in [2.24, 2.45) is 10.9 Å². The van der Waals surface area contributed by atoms with Crippen LogP contribution in [-0.2, 0) is 11.3 Å². The van der Waals surface area contributed by atoms with Gasteiger partial charge in [-0.1, -0.05) is 90.5 Å². The predicted octanol–water partition coefficient (Wildman–Crippen LogP) is 6.21. The summed E-state index contributed by atoms with van der Waals surface area (Å²) in [5.74, 6) is 0.960. The van der Waals surface area contributed by atoms with Crippen LogP contribution in [0.4, 0.5) is 0 Å². The maximum Gasteiger partial charge on any atom is 0.217 e. The highest BCUT2D eigenvalue weighted by molar-refractivity contribution is 7.76. The molecule has 1 aliphatic carbocycles. The third kappa shape index (κ3) is 4.11. The molecule has 0 saturated heterocycles. The Bertz CT molecular complexity index is 1130. The zero-order valence-corrected chi connectivity index (χ0v) is 18.9. The van der Waals surface area contributed by atoms with Gasteiger partial charge >= 0.3 is 0 Å². The fourth-order valence-electron chi connectivity index (χ4n) is 4.20. The zero-order valence-electron chi connectivity index (χ0n) is 17.3. The van der Waals surface area contributed by atoms with E-state index in [0.29, 0.717) is 6.61 Å². The van der Waals surface area contributed by atoms with E-state index in [1.54, 1.807) is 0 Å². The number of ether oxygens (including phenoxy) is 1. The first kappa shape index (κ1) is 20.2. The highest BCUT2D eigenvalue weighted by Crippen LogP contribution is 2.50. The van der Waals surface area contributed by atoms with Crippen LogP contribution in [0.25, 0.3) is 0 Å². The molecule has 1 heterocycles. The van der Waals surface area contributed by atoms with Gasteiger partial charge in [-0.3, -0.25) is 0 Å². The van der Waals surface area contributed by atoms with E-state index in [1.165, 1.54) is 15.9 Å². The van der Waals surface area contributed by atoms with Gasteiger partial charge in [-0.05, 0) is 49.0 Å². The predicted molar refractivity (Wildman–Crippen MR) is 132 cm³/mol. The van der Waals surface area contributed by atoms with Crippen LogP contribution in [0.2, 0.25) is 5.02 Å². The lowest BCUT2D eigenvalue weighted by molar-refractivity contribution is 0.309. The lowest BCUT2D eigenvalue weighted by Gasteiger charge is -2.27. The van der Waals surface area contributed by atoms with E-state index >= 15 is 0 Å². The van der Waals surface area contributed by atoms with Crippen molar-refractivity contribution in [3.63, 3.8) is 0 Å². The molecule has 2 atom stereocenters. The summed E-state index contributed by atoms with van der Waals surface area (Å²) in [6.45, 7) is 2.72. The molecule has 0 spiro atoms. The van der Waals surface area contributed by atoms with Crippen molar-refractivity contribution in [3.8, 4) is 0 Å². The summed E-state index contributed by atoms with van der Waals surface area (Å²) in [7, 11) is -0.627. The van der Waals surface area contributed by atoms with Gasteiger partial charge in [-0.25, -0.2) is 4.99 Å². The minimum atomic E-state index is -0.627. The van der Waals surface area contributed by atoms with Crippen molar-refractivity contribution < 1.29 is 4.74 Å². The minimum Gasteiger partial charge on any atom is -0.473 e. The van der Waals surface area contributed by atoms with E-state index in [-0.39, 0.29) is 12.0 Å². The summed E-state index contributed by atoms with van der Waals surface area (Å²) < 4.78 is 5.93. The van der Waals surface area contributed by atoms with Gasteiger partial charge in [-0.15, -0.1) is 0 Å². The fraction of sp³-hybridized carbons (Fsp3) is 0.148. The van der Waals surface area contributed by atoms with Crippen molar-refractivity contribution in [1.29, 1.82) is 0 Å². The minimum absolute atomic E-state index is 0.0686. The van der Waals surface area contributed by atoms with Crippen LogP contribution in [-0.4, -0.2) is 11.9 Å². The van der Waals surface area contributed by atoms with Crippen molar-refractivity contribution in [2.45, 2.75) is 19.6 Å². The quantitative estimate of drug-likeness (QED) is 0.430. The topological polar surface area (TPSA) is 21.6 Å². The summed E-state index contributed by atoms with van der Waals surface area (Å²) in [5, 5.41) is 4.89. The molecule has 0 N–H and O–H groups in total. The van der Waals surface area contributed by atoms with Crippen LogP contribution in [0, 0.1) is 5.92 Å². The molecule has 2 aliphatic rings. The largest absolute Gasteiger partial charge is 0.473 e. The molecule has 5 rings (SSSR count). The molecule has 0 fully saturated rings. The van der Waals surface area contributed by atoms with Crippen LogP contribution in [0.15, 0.2) is 107 Å². The van der Waals surface area contributed by atoms with Crippen LogP contribution >= 0.6 is 19.5 Å². The molecule has 2 nitrogen and oxygen atoms in total. The van der Waals surface area contributed by atoms with Crippen molar-refractivity contribution in [3.05, 3.63) is 119 Å². The number of fused-ring (bicyclic) bond motifs is 1. The number of halogens is 1. The van der Waals surface area contributed by atoms with Gasteiger partial charge in [0.1, 0.15) is 6.61 Å². The molecule has 3 aromatic carbocycles. The summed E-state index contributed by atoms with van der Waals surface area (Å²) in [6.07, 6.45) is 6.75. The maximum atomic E-state index is 6.14.